The average Bonchev–Trinajstić information content (AvgIpc) is 2.78. The van der Waals surface area contributed by atoms with Crippen LogP contribution in [0.2, 0.25) is 0 Å². The van der Waals surface area contributed by atoms with E-state index < -0.39 is 0 Å². The fourth-order valence-electron chi connectivity index (χ4n) is 2.66. The highest BCUT2D eigenvalue weighted by Gasteiger charge is 2.26. The number of hydrogen-bond acceptors (Lipinski definition) is 4. The van der Waals surface area contributed by atoms with Gasteiger partial charge in [0, 0.05) is 39.3 Å². The van der Waals surface area contributed by atoms with Crippen LogP contribution in [0.5, 0.6) is 0 Å². The van der Waals surface area contributed by atoms with Gasteiger partial charge in [0.2, 0.25) is 0 Å². The van der Waals surface area contributed by atoms with E-state index in [-0.39, 0.29) is 0 Å². The van der Waals surface area contributed by atoms with Crippen LogP contribution in [0.25, 0.3) is 0 Å². The van der Waals surface area contributed by atoms with Crippen LogP contribution in [0.3, 0.4) is 0 Å². The SMILES string of the molecule is CCN1CCN(C[C@@H]2CC[C@H](CN)O2)CC1. The fourth-order valence-corrected chi connectivity index (χ4v) is 2.66. The lowest BCUT2D eigenvalue weighted by Gasteiger charge is -2.35. The van der Waals surface area contributed by atoms with E-state index in [1.54, 1.807) is 0 Å². The monoisotopic (exact) mass is 227 g/mol. The third kappa shape index (κ3) is 3.17. The highest BCUT2D eigenvalue weighted by molar-refractivity contribution is 4.79. The molecule has 2 rings (SSSR count). The van der Waals surface area contributed by atoms with E-state index in [0.29, 0.717) is 18.8 Å². The topological polar surface area (TPSA) is 41.7 Å². The minimum atomic E-state index is 0.321. The molecule has 0 saturated carbocycles. The van der Waals surface area contributed by atoms with E-state index in [1.807, 2.05) is 0 Å². The molecule has 0 radical (unpaired) electrons. The molecule has 0 aromatic rings. The molecule has 94 valence electrons. The smallest absolute Gasteiger partial charge is 0.0707 e. The van der Waals surface area contributed by atoms with E-state index in [1.165, 1.54) is 39.1 Å². The summed E-state index contributed by atoms with van der Waals surface area (Å²) in [5.41, 5.74) is 5.62. The van der Waals surface area contributed by atoms with E-state index in [9.17, 15) is 0 Å². The van der Waals surface area contributed by atoms with Gasteiger partial charge < -0.3 is 15.4 Å². The minimum Gasteiger partial charge on any atom is -0.372 e. The zero-order valence-corrected chi connectivity index (χ0v) is 10.4. The molecular weight excluding hydrogens is 202 g/mol. The van der Waals surface area contributed by atoms with Crippen molar-refractivity contribution < 1.29 is 4.74 Å². The Morgan fingerprint density at radius 3 is 2.25 bits per heavy atom. The summed E-state index contributed by atoms with van der Waals surface area (Å²) in [5, 5.41) is 0. The van der Waals surface area contributed by atoms with Gasteiger partial charge in [-0.05, 0) is 19.4 Å². The number of likely N-dealkylation sites (N-methyl/N-ethyl adjacent to an activating group) is 1. The lowest BCUT2D eigenvalue weighted by atomic mass is 10.2. The zero-order valence-electron chi connectivity index (χ0n) is 10.4. The van der Waals surface area contributed by atoms with Crippen molar-refractivity contribution >= 4 is 0 Å². The van der Waals surface area contributed by atoms with E-state index >= 15 is 0 Å². The molecule has 0 amide bonds. The van der Waals surface area contributed by atoms with Gasteiger partial charge in [-0.1, -0.05) is 6.92 Å². The molecule has 2 heterocycles. The van der Waals surface area contributed by atoms with E-state index in [4.69, 9.17) is 10.5 Å². The van der Waals surface area contributed by atoms with Crippen molar-refractivity contribution in [2.75, 3.05) is 45.8 Å². The molecule has 0 bridgehead atoms. The van der Waals surface area contributed by atoms with Crippen molar-refractivity contribution in [2.24, 2.45) is 5.73 Å². The molecule has 2 aliphatic heterocycles. The third-order valence-electron chi connectivity index (χ3n) is 3.83. The van der Waals surface area contributed by atoms with Crippen molar-refractivity contribution in [1.29, 1.82) is 0 Å². The predicted molar refractivity (Wildman–Crippen MR) is 65.5 cm³/mol. The van der Waals surface area contributed by atoms with Gasteiger partial charge in [-0.25, -0.2) is 0 Å². The van der Waals surface area contributed by atoms with Crippen LogP contribution in [0.15, 0.2) is 0 Å². The molecule has 0 aliphatic carbocycles. The van der Waals surface area contributed by atoms with Crippen molar-refractivity contribution in [1.82, 2.24) is 9.80 Å². The van der Waals surface area contributed by atoms with Gasteiger partial charge in [-0.15, -0.1) is 0 Å². The van der Waals surface area contributed by atoms with Crippen LogP contribution in [0.1, 0.15) is 19.8 Å². The maximum atomic E-state index is 5.89. The molecule has 0 unspecified atom stereocenters. The summed E-state index contributed by atoms with van der Waals surface area (Å²) < 4.78 is 5.89. The number of hydrogen-bond donors (Lipinski definition) is 1. The predicted octanol–water partition coefficient (Wildman–Crippen LogP) is 0.130. The highest BCUT2D eigenvalue weighted by atomic mass is 16.5. The highest BCUT2D eigenvalue weighted by Crippen LogP contribution is 2.20. The summed E-state index contributed by atoms with van der Waals surface area (Å²) in [7, 11) is 0. The number of nitrogens with two attached hydrogens (primary N) is 1. The van der Waals surface area contributed by atoms with Crippen molar-refractivity contribution in [3.05, 3.63) is 0 Å². The number of nitrogens with zero attached hydrogens (tertiary/aromatic N) is 2. The molecule has 2 atom stereocenters. The molecule has 4 nitrogen and oxygen atoms in total. The first-order chi connectivity index (χ1) is 7.81. The maximum absolute atomic E-state index is 5.89. The molecular formula is C12H25N3O. The fraction of sp³-hybridized carbons (Fsp3) is 1.00. The van der Waals surface area contributed by atoms with Gasteiger partial charge in [-0.2, -0.15) is 0 Å². The summed E-state index contributed by atoms with van der Waals surface area (Å²) in [6.07, 6.45) is 3.09. The van der Waals surface area contributed by atoms with Gasteiger partial charge in [0.05, 0.1) is 12.2 Å². The number of rotatable bonds is 4. The van der Waals surface area contributed by atoms with Crippen molar-refractivity contribution in [3.8, 4) is 0 Å². The van der Waals surface area contributed by atoms with Gasteiger partial charge in [-0.3, -0.25) is 4.90 Å². The molecule has 16 heavy (non-hydrogen) atoms. The Labute approximate surface area is 98.7 Å². The summed E-state index contributed by atoms with van der Waals surface area (Å²) in [4.78, 5) is 5.05. The van der Waals surface area contributed by atoms with Crippen LogP contribution in [0, 0.1) is 0 Å². The lowest BCUT2D eigenvalue weighted by Crippen LogP contribution is -2.48. The average molecular weight is 227 g/mol. The number of piperazine rings is 1. The lowest BCUT2D eigenvalue weighted by molar-refractivity contribution is 0.0162. The van der Waals surface area contributed by atoms with Gasteiger partial charge in [0.15, 0.2) is 0 Å². The molecule has 2 N–H and O–H groups in total. The van der Waals surface area contributed by atoms with E-state index in [2.05, 4.69) is 16.7 Å². The third-order valence-corrected chi connectivity index (χ3v) is 3.83. The van der Waals surface area contributed by atoms with Crippen molar-refractivity contribution in [3.63, 3.8) is 0 Å². The standard InChI is InChI=1S/C12H25N3O/c1-2-14-5-7-15(8-6-14)10-12-4-3-11(9-13)16-12/h11-12H,2-10,13H2,1H3/t11-,12+/m1/s1. The van der Waals surface area contributed by atoms with Gasteiger partial charge >= 0.3 is 0 Å². The van der Waals surface area contributed by atoms with Crippen LogP contribution >= 0.6 is 0 Å². The van der Waals surface area contributed by atoms with Gasteiger partial charge in [0.25, 0.3) is 0 Å². The Balaban J connectivity index is 1.67. The first-order valence-corrected chi connectivity index (χ1v) is 6.62. The largest absolute Gasteiger partial charge is 0.372 e. The number of ether oxygens (including phenoxy) is 1. The summed E-state index contributed by atoms with van der Waals surface area (Å²) in [5.74, 6) is 0. The molecule has 0 spiro atoms. The van der Waals surface area contributed by atoms with E-state index in [0.717, 1.165) is 13.0 Å². The van der Waals surface area contributed by atoms with Gasteiger partial charge in [0.1, 0.15) is 0 Å². The molecule has 2 aliphatic rings. The quantitative estimate of drug-likeness (QED) is 0.741. The summed E-state index contributed by atoms with van der Waals surface area (Å²) in [6.45, 7) is 10.0. The summed E-state index contributed by atoms with van der Waals surface area (Å²) in [6, 6.07) is 0. The molecule has 4 heteroatoms. The second kappa shape index (κ2) is 5.96. The van der Waals surface area contributed by atoms with Crippen LogP contribution in [-0.4, -0.2) is 67.8 Å². The van der Waals surface area contributed by atoms with Crippen LogP contribution in [-0.2, 0) is 4.74 Å². The van der Waals surface area contributed by atoms with Crippen LogP contribution < -0.4 is 5.73 Å². The van der Waals surface area contributed by atoms with Crippen LogP contribution in [0.4, 0.5) is 0 Å². The second-order valence-corrected chi connectivity index (χ2v) is 4.93. The minimum absolute atomic E-state index is 0.321. The molecule has 2 fully saturated rings. The Kier molecular flexibility index (Phi) is 4.58. The molecule has 0 aromatic carbocycles. The second-order valence-electron chi connectivity index (χ2n) is 4.93. The zero-order chi connectivity index (χ0) is 11.4. The molecule has 2 saturated heterocycles. The first kappa shape index (κ1) is 12.3. The first-order valence-electron chi connectivity index (χ1n) is 6.62. The van der Waals surface area contributed by atoms with Crippen molar-refractivity contribution in [2.45, 2.75) is 32.0 Å². The summed E-state index contributed by atoms with van der Waals surface area (Å²) >= 11 is 0. The maximum Gasteiger partial charge on any atom is 0.0707 e. The molecule has 0 aromatic heterocycles. The Morgan fingerprint density at radius 2 is 1.69 bits per heavy atom. The normalized spacial score (nSPS) is 33.4. The Bertz CT molecular complexity index is 204. The Hall–Kier alpha value is -0.160. The Morgan fingerprint density at radius 1 is 1.06 bits per heavy atom.